The molecule has 17 heavy (non-hydrogen) atoms. The minimum Gasteiger partial charge on any atom is -0.0654 e. The summed E-state index contributed by atoms with van der Waals surface area (Å²) in [6, 6.07) is 0. The summed E-state index contributed by atoms with van der Waals surface area (Å²) >= 11 is 0. The zero-order chi connectivity index (χ0) is 11.9. The minimum atomic E-state index is 1.09. The standard InChI is InChI=1S/C17H32/c1-2-3-7-15-10-12-17(13-11-15)14-16-8-5-4-6-9-16/h15-17H,2-14H2,1H3. The average Bonchev–Trinajstić information content (AvgIpc) is 2.39. The monoisotopic (exact) mass is 236 g/mol. The molecule has 0 aromatic carbocycles. The highest BCUT2D eigenvalue weighted by atomic mass is 14.3. The molecule has 0 bridgehead atoms. The van der Waals surface area contributed by atoms with E-state index in [4.69, 9.17) is 0 Å². The first-order valence-electron chi connectivity index (χ1n) is 8.38. The Morgan fingerprint density at radius 3 is 1.94 bits per heavy atom. The van der Waals surface area contributed by atoms with Gasteiger partial charge < -0.3 is 0 Å². The van der Waals surface area contributed by atoms with Gasteiger partial charge in [-0.1, -0.05) is 84.0 Å². The molecule has 0 amide bonds. The molecule has 0 saturated heterocycles. The molecule has 0 nitrogen and oxygen atoms in total. The molecule has 0 aromatic heterocycles. The topological polar surface area (TPSA) is 0 Å². The summed E-state index contributed by atoms with van der Waals surface area (Å²) in [5.74, 6) is 3.31. The zero-order valence-electron chi connectivity index (χ0n) is 11.9. The van der Waals surface area contributed by atoms with Gasteiger partial charge in [-0.15, -0.1) is 0 Å². The van der Waals surface area contributed by atoms with Crippen LogP contribution in [0.3, 0.4) is 0 Å². The van der Waals surface area contributed by atoms with Gasteiger partial charge in [-0.2, -0.15) is 0 Å². The molecular formula is C17H32. The Hall–Kier alpha value is 0. The fourth-order valence-electron chi connectivity index (χ4n) is 4.14. The van der Waals surface area contributed by atoms with Crippen molar-refractivity contribution in [1.29, 1.82) is 0 Å². The molecule has 0 aromatic rings. The lowest BCUT2D eigenvalue weighted by Crippen LogP contribution is -2.18. The maximum atomic E-state index is 2.33. The Morgan fingerprint density at radius 2 is 1.29 bits per heavy atom. The molecule has 2 aliphatic carbocycles. The second-order valence-corrected chi connectivity index (χ2v) is 6.77. The van der Waals surface area contributed by atoms with Crippen molar-refractivity contribution >= 4 is 0 Å². The van der Waals surface area contributed by atoms with Crippen molar-refractivity contribution in [3.63, 3.8) is 0 Å². The van der Waals surface area contributed by atoms with Crippen LogP contribution in [0.15, 0.2) is 0 Å². The van der Waals surface area contributed by atoms with E-state index in [0.717, 1.165) is 17.8 Å². The molecule has 0 unspecified atom stereocenters. The van der Waals surface area contributed by atoms with E-state index in [-0.39, 0.29) is 0 Å². The molecule has 0 heterocycles. The Balaban J connectivity index is 1.61. The van der Waals surface area contributed by atoms with Gasteiger partial charge in [0, 0.05) is 0 Å². The molecule has 2 fully saturated rings. The highest BCUT2D eigenvalue weighted by Gasteiger charge is 2.24. The van der Waals surface area contributed by atoms with Crippen molar-refractivity contribution in [2.45, 2.75) is 90.4 Å². The number of hydrogen-bond acceptors (Lipinski definition) is 0. The summed E-state index contributed by atoms with van der Waals surface area (Å²) in [7, 11) is 0. The Bertz CT molecular complexity index is 182. The van der Waals surface area contributed by atoms with Gasteiger partial charge in [-0.25, -0.2) is 0 Å². The van der Waals surface area contributed by atoms with Gasteiger partial charge in [0.05, 0.1) is 0 Å². The first kappa shape index (κ1) is 13.4. The van der Waals surface area contributed by atoms with Crippen molar-refractivity contribution in [1.82, 2.24) is 0 Å². The smallest absolute Gasteiger partial charge is 0.0411 e. The van der Waals surface area contributed by atoms with E-state index in [9.17, 15) is 0 Å². The third-order valence-corrected chi connectivity index (χ3v) is 5.32. The van der Waals surface area contributed by atoms with Crippen LogP contribution >= 0.6 is 0 Å². The highest BCUT2D eigenvalue weighted by molar-refractivity contribution is 4.76. The van der Waals surface area contributed by atoms with Crippen LogP contribution in [0.25, 0.3) is 0 Å². The van der Waals surface area contributed by atoms with Gasteiger partial charge in [-0.05, 0) is 24.2 Å². The maximum absolute atomic E-state index is 2.33. The summed E-state index contributed by atoms with van der Waals surface area (Å²) in [5, 5.41) is 0. The summed E-state index contributed by atoms with van der Waals surface area (Å²) in [6.07, 6.45) is 19.9. The van der Waals surface area contributed by atoms with Crippen LogP contribution in [-0.2, 0) is 0 Å². The van der Waals surface area contributed by atoms with Gasteiger partial charge in [0.15, 0.2) is 0 Å². The quantitative estimate of drug-likeness (QED) is 0.553. The SMILES string of the molecule is CCCCC1CCC(CC2CCCCC2)CC1. The van der Waals surface area contributed by atoms with Crippen LogP contribution in [0.4, 0.5) is 0 Å². The lowest BCUT2D eigenvalue weighted by molar-refractivity contribution is 0.205. The van der Waals surface area contributed by atoms with Crippen molar-refractivity contribution in [2.75, 3.05) is 0 Å². The highest BCUT2D eigenvalue weighted by Crippen LogP contribution is 2.38. The van der Waals surface area contributed by atoms with Crippen LogP contribution in [0.2, 0.25) is 0 Å². The molecule has 0 atom stereocenters. The fraction of sp³-hybridized carbons (Fsp3) is 1.00. The van der Waals surface area contributed by atoms with Crippen molar-refractivity contribution in [3.05, 3.63) is 0 Å². The van der Waals surface area contributed by atoms with Crippen LogP contribution in [0, 0.1) is 17.8 Å². The molecule has 2 rings (SSSR count). The second-order valence-electron chi connectivity index (χ2n) is 6.77. The zero-order valence-corrected chi connectivity index (χ0v) is 11.9. The van der Waals surface area contributed by atoms with Gasteiger partial charge >= 0.3 is 0 Å². The Morgan fingerprint density at radius 1 is 0.706 bits per heavy atom. The van der Waals surface area contributed by atoms with E-state index in [1.165, 1.54) is 38.5 Å². The largest absolute Gasteiger partial charge is 0.0654 e. The van der Waals surface area contributed by atoms with E-state index in [1.807, 2.05) is 0 Å². The van der Waals surface area contributed by atoms with Crippen LogP contribution < -0.4 is 0 Å². The van der Waals surface area contributed by atoms with E-state index in [1.54, 1.807) is 44.9 Å². The summed E-state index contributed by atoms with van der Waals surface area (Å²) in [5.41, 5.74) is 0. The first-order valence-corrected chi connectivity index (χ1v) is 8.38. The molecule has 0 spiro atoms. The molecule has 2 aliphatic rings. The second kappa shape index (κ2) is 7.44. The van der Waals surface area contributed by atoms with Crippen molar-refractivity contribution < 1.29 is 0 Å². The normalized spacial score (nSPS) is 31.6. The predicted octanol–water partition coefficient (Wildman–Crippen LogP) is 5.95. The molecule has 100 valence electrons. The Kier molecular flexibility index (Phi) is 5.88. The third kappa shape index (κ3) is 4.64. The van der Waals surface area contributed by atoms with Crippen LogP contribution in [0.1, 0.15) is 90.4 Å². The summed E-state index contributed by atoms with van der Waals surface area (Å²) in [6.45, 7) is 2.33. The summed E-state index contributed by atoms with van der Waals surface area (Å²) < 4.78 is 0. The molecule has 0 radical (unpaired) electrons. The lowest BCUT2D eigenvalue weighted by atomic mass is 9.74. The van der Waals surface area contributed by atoms with E-state index >= 15 is 0 Å². The number of unbranched alkanes of at least 4 members (excludes halogenated alkanes) is 1. The van der Waals surface area contributed by atoms with E-state index in [2.05, 4.69) is 6.92 Å². The van der Waals surface area contributed by atoms with Crippen LogP contribution in [-0.4, -0.2) is 0 Å². The van der Waals surface area contributed by atoms with E-state index < -0.39 is 0 Å². The molecule has 2 saturated carbocycles. The van der Waals surface area contributed by atoms with Gasteiger partial charge in [0.25, 0.3) is 0 Å². The molecule has 0 aliphatic heterocycles. The van der Waals surface area contributed by atoms with E-state index in [0.29, 0.717) is 0 Å². The van der Waals surface area contributed by atoms with Gasteiger partial charge in [0.1, 0.15) is 0 Å². The maximum Gasteiger partial charge on any atom is -0.0411 e. The molecule has 0 heteroatoms. The predicted molar refractivity (Wildman–Crippen MR) is 76.2 cm³/mol. The van der Waals surface area contributed by atoms with Crippen LogP contribution in [0.5, 0.6) is 0 Å². The molecule has 0 N–H and O–H groups in total. The average molecular weight is 236 g/mol. The molecular weight excluding hydrogens is 204 g/mol. The number of rotatable bonds is 5. The van der Waals surface area contributed by atoms with Crippen molar-refractivity contribution in [2.24, 2.45) is 17.8 Å². The first-order chi connectivity index (χ1) is 8.38. The summed E-state index contributed by atoms with van der Waals surface area (Å²) in [4.78, 5) is 0. The fourth-order valence-corrected chi connectivity index (χ4v) is 4.14. The lowest BCUT2D eigenvalue weighted by Gasteiger charge is -2.32. The van der Waals surface area contributed by atoms with Gasteiger partial charge in [-0.3, -0.25) is 0 Å². The number of hydrogen-bond donors (Lipinski definition) is 0. The van der Waals surface area contributed by atoms with Gasteiger partial charge in [0.2, 0.25) is 0 Å². The minimum absolute atomic E-state index is 1.09. The third-order valence-electron chi connectivity index (χ3n) is 5.32. The Labute approximate surface area is 109 Å². The van der Waals surface area contributed by atoms with Crippen molar-refractivity contribution in [3.8, 4) is 0 Å².